The van der Waals surface area contributed by atoms with E-state index in [0.717, 1.165) is 5.70 Å². The zero-order chi connectivity index (χ0) is 8.43. The highest BCUT2D eigenvalue weighted by atomic mass is 15.4. The van der Waals surface area contributed by atoms with Crippen molar-refractivity contribution < 1.29 is 0 Å². The molecular formula is C8H17N3. The standard InChI is InChI=1S/C8H17N3/c1-6(2)11(10)5-8(9)7-3-4-7/h5-7H,3-4,9-10H2,1-2H3/b8-5-. The molecule has 3 heteroatoms. The van der Waals surface area contributed by atoms with Crippen LogP contribution in [0.3, 0.4) is 0 Å². The average molecular weight is 155 g/mol. The van der Waals surface area contributed by atoms with Gasteiger partial charge in [0.25, 0.3) is 0 Å². The lowest BCUT2D eigenvalue weighted by atomic mass is 10.3. The Bertz CT molecular complexity index is 159. The quantitative estimate of drug-likeness (QED) is 0.468. The molecule has 0 aromatic carbocycles. The summed E-state index contributed by atoms with van der Waals surface area (Å²) in [6, 6.07) is 0.326. The summed E-state index contributed by atoms with van der Waals surface area (Å²) in [7, 11) is 0. The first-order valence-electron chi connectivity index (χ1n) is 4.11. The Balaban J connectivity index is 2.41. The number of nitrogens with two attached hydrogens (primary N) is 2. The van der Waals surface area contributed by atoms with Gasteiger partial charge in [-0.3, -0.25) is 0 Å². The van der Waals surface area contributed by atoms with Gasteiger partial charge in [0.15, 0.2) is 0 Å². The second kappa shape index (κ2) is 3.13. The Morgan fingerprint density at radius 2 is 2.09 bits per heavy atom. The van der Waals surface area contributed by atoms with Crippen LogP contribution in [0.25, 0.3) is 0 Å². The second-order valence-electron chi connectivity index (χ2n) is 3.44. The van der Waals surface area contributed by atoms with Crippen LogP contribution < -0.4 is 11.6 Å². The third-order valence-corrected chi connectivity index (χ3v) is 1.94. The minimum atomic E-state index is 0.326. The van der Waals surface area contributed by atoms with Crippen molar-refractivity contribution in [2.45, 2.75) is 32.7 Å². The number of nitrogens with zero attached hydrogens (tertiary/aromatic N) is 1. The molecule has 0 spiro atoms. The van der Waals surface area contributed by atoms with Gasteiger partial charge in [-0.1, -0.05) is 0 Å². The van der Waals surface area contributed by atoms with Crippen molar-refractivity contribution in [3.05, 3.63) is 11.9 Å². The highest BCUT2D eigenvalue weighted by Crippen LogP contribution is 2.33. The van der Waals surface area contributed by atoms with Gasteiger partial charge in [-0.15, -0.1) is 0 Å². The van der Waals surface area contributed by atoms with Crippen LogP contribution in [-0.4, -0.2) is 11.1 Å². The molecule has 1 fully saturated rings. The van der Waals surface area contributed by atoms with Crippen molar-refractivity contribution in [1.29, 1.82) is 0 Å². The fourth-order valence-electron chi connectivity index (χ4n) is 0.843. The van der Waals surface area contributed by atoms with E-state index in [4.69, 9.17) is 11.6 Å². The Morgan fingerprint density at radius 1 is 1.55 bits per heavy atom. The smallest absolute Gasteiger partial charge is 0.0390 e. The Kier molecular flexibility index (Phi) is 2.39. The maximum absolute atomic E-state index is 5.76. The number of hydrazine groups is 1. The zero-order valence-corrected chi connectivity index (χ0v) is 7.25. The van der Waals surface area contributed by atoms with Crippen LogP contribution in [0.2, 0.25) is 0 Å². The highest BCUT2D eigenvalue weighted by molar-refractivity contribution is 5.07. The van der Waals surface area contributed by atoms with Crippen LogP contribution in [0.5, 0.6) is 0 Å². The molecule has 1 aliphatic carbocycles. The normalized spacial score (nSPS) is 19.1. The van der Waals surface area contributed by atoms with Crippen molar-refractivity contribution in [3.8, 4) is 0 Å². The number of hydrogen-bond acceptors (Lipinski definition) is 3. The van der Waals surface area contributed by atoms with Gasteiger partial charge >= 0.3 is 0 Å². The molecule has 3 nitrogen and oxygen atoms in total. The van der Waals surface area contributed by atoms with Crippen LogP contribution in [0, 0.1) is 5.92 Å². The van der Waals surface area contributed by atoms with Gasteiger partial charge in [0.1, 0.15) is 0 Å². The number of allylic oxidation sites excluding steroid dienone is 1. The SMILES string of the molecule is CC(C)N(N)/C=C(\N)C1CC1. The van der Waals surface area contributed by atoms with E-state index in [1.807, 2.05) is 20.0 Å². The van der Waals surface area contributed by atoms with Gasteiger partial charge < -0.3 is 10.7 Å². The monoisotopic (exact) mass is 155 g/mol. The Hall–Kier alpha value is -0.700. The third-order valence-electron chi connectivity index (χ3n) is 1.94. The predicted molar refractivity (Wildman–Crippen MR) is 46.2 cm³/mol. The topological polar surface area (TPSA) is 55.3 Å². The first kappa shape index (κ1) is 8.40. The molecule has 0 aromatic heterocycles. The lowest BCUT2D eigenvalue weighted by Crippen LogP contribution is -2.33. The molecule has 0 unspecified atom stereocenters. The summed E-state index contributed by atoms with van der Waals surface area (Å²) >= 11 is 0. The summed E-state index contributed by atoms with van der Waals surface area (Å²) in [5, 5.41) is 1.66. The van der Waals surface area contributed by atoms with E-state index in [2.05, 4.69) is 0 Å². The Morgan fingerprint density at radius 3 is 2.45 bits per heavy atom. The summed E-state index contributed by atoms with van der Waals surface area (Å²) in [4.78, 5) is 0. The maximum Gasteiger partial charge on any atom is 0.0390 e. The Labute approximate surface area is 68.0 Å². The molecule has 1 aliphatic rings. The van der Waals surface area contributed by atoms with Crippen molar-refractivity contribution in [1.82, 2.24) is 5.01 Å². The van der Waals surface area contributed by atoms with E-state index in [-0.39, 0.29) is 0 Å². The minimum absolute atomic E-state index is 0.326. The van der Waals surface area contributed by atoms with Crippen LogP contribution in [0.1, 0.15) is 26.7 Å². The summed E-state index contributed by atoms with van der Waals surface area (Å²) in [6.07, 6.45) is 4.31. The maximum atomic E-state index is 5.76. The molecule has 0 heterocycles. The molecule has 0 amide bonds. The summed E-state index contributed by atoms with van der Waals surface area (Å²) < 4.78 is 0. The molecule has 0 bridgehead atoms. The molecule has 1 saturated carbocycles. The first-order chi connectivity index (χ1) is 5.11. The molecule has 64 valence electrons. The van der Waals surface area contributed by atoms with E-state index in [1.54, 1.807) is 5.01 Å². The van der Waals surface area contributed by atoms with Gasteiger partial charge in [0.05, 0.1) is 0 Å². The predicted octanol–water partition coefficient (Wildman–Crippen LogP) is 0.781. The van der Waals surface area contributed by atoms with E-state index in [0.29, 0.717) is 12.0 Å². The van der Waals surface area contributed by atoms with Gasteiger partial charge in [-0.05, 0) is 26.7 Å². The van der Waals surface area contributed by atoms with Crippen molar-refractivity contribution in [3.63, 3.8) is 0 Å². The van der Waals surface area contributed by atoms with Gasteiger partial charge in [-0.25, -0.2) is 5.84 Å². The van der Waals surface area contributed by atoms with Crippen LogP contribution in [0.4, 0.5) is 0 Å². The molecule has 0 atom stereocenters. The molecule has 0 saturated heterocycles. The second-order valence-corrected chi connectivity index (χ2v) is 3.44. The molecule has 4 N–H and O–H groups in total. The van der Waals surface area contributed by atoms with Crippen LogP contribution >= 0.6 is 0 Å². The van der Waals surface area contributed by atoms with Gasteiger partial charge in [0.2, 0.25) is 0 Å². The number of hydrogen-bond donors (Lipinski definition) is 2. The fraction of sp³-hybridized carbons (Fsp3) is 0.750. The highest BCUT2D eigenvalue weighted by Gasteiger charge is 2.24. The van der Waals surface area contributed by atoms with Gasteiger partial charge in [-0.2, -0.15) is 0 Å². The molecule has 0 aliphatic heterocycles. The van der Waals surface area contributed by atoms with E-state index in [1.165, 1.54) is 12.8 Å². The lowest BCUT2D eigenvalue weighted by Gasteiger charge is -2.18. The number of rotatable bonds is 3. The molecule has 0 aromatic rings. The van der Waals surface area contributed by atoms with E-state index < -0.39 is 0 Å². The summed E-state index contributed by atoms with van der Waals surface area (Å²) in [5.74, 6) is 6.27. The molecule has 11 heavy (non-hydrogen) atoms. The molecule has 0 radical (unpaired) electrons. The van der Waals surface area contributed by atoms with Gasteiger partial charge in [0, 0.05) is 23.9 Å². The zero-order valence-electron chi connectivity index (χ0n) is 7.25. The van der Waals surface area contributed by atoms with Crippen molar-refractivity contribution in [2.24, 2.45) is 17.5 Å². The average Bonchev–Trinajstić information content (AvgIpc) is 2.67. The molecule has 1 rings (SSSR count). The fourth-order valence-corrected chi connectivity index (χ4v) is 0.843. The summed E-state index contributed by atoms with van der Waals surface area (Å²) in [6.45, 7) is 4.08. The minimum Gasteiger partial charge on any atom is -0.401 e. The lowest BCUT2D eigenvalue weighted by molar-refractivity contribution is 0.319. The van der Waals surface area contributed by atoms with Crippen LogP contribution in [-0.2, 0) is 0 Å². The van der Waals surface area contributed by atoms with Crippen molar-refractivity contribution in [2.75, 3.05) is 0 Å². The van der Waals surface area contributed by atoms with E-state index >= 15 is 0 Å². The van der Waals surface area contributed by atoms with E-state index in [9.17, 15) is 0 Å². The summed E-state index contributed by atoms with van der Waals surface area (Å²) in [5.41, 5.74) is 6.69. The van der Waals surface area contributed by atoms with Crippen LogP contribution in [0.15, 0.2) is 11.9 Å². The largest absolute Gasteiger partial charge is 0.401 e. The molecular weight excluding hydrogens is 138 g/mol. The third kappa shape index (κ3) is 2.42. The van der Waals surface area contributed by atoms with Crippen molar-refractivity contribution >= 4 is 0 Å². The first-order valence-corrected chi connectivity index (χ1v) is 4.11.